The lowest BCUT2D eigenvalue weighted by Crippen LogP contribution is -2.47. The van der Waals surface area contributed by atoms with Crippen LogP contribution < -0.4 is 5.32 Å². The molecule has 1 aromatic carbocycles. The Kier molecular flexibility index (Phi) is 5.48. The first-order valence-electron chi connectivity index (χ1n) is 12.3. The molecule has 9 heteroatoms. The maximum atomic E-state index is 14.2. The Morgan fingerprint density at radius 3 is 2.59 bits per heavy atom. The second-order valence-electron chi connectivity index (χ2n) is 10.0. The van der Waals surface area contributed by atoms with E-state index in [9.17, 15) is 8.78 Å². The van der Waals surface area contributed by atoms with Crippen LogP contribution in [-0.2, 0) is 0 Å². The first kappa shape index (κ1) is 22.2. The van der Waals surface area contributed by atoms with Crippen LogP contribution in [0.3, 0.4) is 0 Å². The van der Waals surface area contributed by atoms with E-state index in [1.54, 1.807) is 6.20 Å². The second kappa shape index (κ2) is 8.41. The molecule has 6 rings (SSSR count). The van der Waals surface area contributed by atoms with Gasteiger partial charge in [0.25, 0.3) is 5.92 Å². The van der Waals surface area contributed by atoms with Crippen molar-refractivity contribution in [1.29, 1.82) is 0 Å². The molecule has 2 saturated carbocycles. The molecule has 1 atom stereocenters. The quantitative estimate of drug-likeness (QED) is 0.463. The molecule has 3 aliphatic rings. The molecule has 2 aromatic heterocycles. The maximum Gasteiger partial charge on any atom is 0.263 e. The zero-order valence-corrected chi connectivity index (χ0v) is 20.0. The van der Waals surface area contributed by atoms with Crippen molar-refractivity contribution in [3.8, 4) is 0 Å². The minimum absolute atomic E-state index is 0.0189. The number of alkyl halides is 2. The molecular formula is C25H29ClF2N6. The average molecular weight is 487 g/mol. The smallest absolute Gasteiger partial charge is 0.263 e. The molecule has 3 heterocycles. The molecule has 1 saturated heterocycles. The van der Waals surface area contributed by atoms with E-state index in [1.165, 1.54) is 12.8 Å². The van der Waals surface area contributed by atoms with Crippen molar-refractivity contribution in [2.24, 2.45) is 0 Å². The molecule has 6 nitrogen and oxygen atoms in total. The molecule has 3 fully saturated rings. The summed E-state index contributed by atoms with van der Waals surface area (Å²) in [6.07, 6.45) is 8.86. The first-order chi connectivity index (χ1) is 16.4. The molecule has 180 valence electrons. The molecule has 1 unspecified atom stereocenters. The number of hydrogen-bond donors (Lipinski definition) is 1. The van der Waals surface area contributed by atoms with Gasteiger partial charge in [-0.1, -0.05) is 11.6 Å². The third-order valence-electron chi connectivity index (χ3n) is 7.77. The molecule has 34 heavy (non-hydrogen) atoms. The molecular weight excluding hydrogens is 458 g/mol. The maximum absolute atomic E-state index is 14.2. The van der Waals surface area contributed by atoms with Crippen LogP contribution in [0.15, 0.2) is 24.5 Å². The van der Waals surface area contributed by atoms with E-state index < -0.39 is 12.0 Å². The predicted octanol–water partition coefficient (Wildman–Crippen LogP) is 6.23. The number of anilines is 2. The van der Waals surface area contributed by atoms with Gasteiger partial charge in [-0.25, -0.2) is 18.7 Å². The van der Waals surface area contributed by atoms with Gasteiger partial charge < -0.3 is 5.32 Å². The number of piperidine rings is 1. The van der Waals surface area contributed by atoms with Gasteiger partial charge in [-0.05, 0) is 82.2 Å². The van der Waals surface area contributed by atoms with Crippen LogP contribution in [0.25, 0.3) is 10.9 Å². The Morgan fingerprint density at radius 1 is 1.09 bits per heavy atom. The van der Waals surface area contributed by atoms with Gasteiger partial charge in [0.15, 0.2) is 0 Å². The minimum Gasteiger partial charge on any atom is -0.321 e. The van der Waals surface area contributed by atoms with E-state index in [4.69, 9.17) is 16.6 Å². The van der Waals surface area contributed by atoms with Crippen LogP contribution in [0.5, 0.6) is 0 Å². The van der Waals surface area contributed by atoms with Gasteiger partial charge in [-0.2, -0.15) is 5.10 Å². The van der Waals surface area contributed by atoms with Gasteiger partial charge in [0.05, 0.1) is 35.2 Å². The zero-order valence-electron chi connectivity index (χ0n) is 19.3. The summed E-state index contributed by atoms with van der Waals surface area (Å²) in [4.78, 5) is 11.2. The van der Waals surface area contributed by atoms with Crippen molar-refractivity contribution >= 4 is 34.1 Å². The summed E-state index contributed by atoms with van der Waals surface area (Å²) in [6, 6.07) is 3.89. The summed E-state index contributed by atoms with van der Waals surface area (Å²) < 4.78 is 30.5. The largest absolute Gasteiger partial charge is 0.321 e. The van der Waals surface area contributed by atoms with Crippen LogP contribution in [0, 0.1) is 6.92 Å². The van der Waals surface area contributed by atoms with E-state index in [-0.39, 0.29) is 12.3 Å². The van der Waals surface area contributed by atoms with Crippen LogP contribution >= 0.6 is 11.6 Å². The fraction of sp³-hybridized carbons (Fsp3) is 0.560. The topological polar surface area (TPSA) is 58.9 Å². The summed E-state index contributed by atoms with van der Waals surface area (Å²) in [5.74, 6) is -1.78. The van der Waals surface area contributed by atoms with E-state index in [1.807, 2.05) is 17.2 Å². The Bertz CT molecular complexity index is 1220. The number of fused-ring (bicyclic) bond motifs is 1. The predicted molar refractivity (Wildman–Crippen MR) is 129 cm³/mol. The Balaban J connectivity index is 1.20. The monoisotopic (exact) mass is 486 g/mol. The third-order valence-corrected chi connectivity index (χ3v) is 8.09. The lowest BCUT2D eigenvalue weighted by atomic mass is 9.88. The molecule has 0 spiro atoms. The average Bonchev–Trinajstić information content (AvgIpc) is 3.51. The number of hydrogen-bond acceptors (Lipinski definition) is 5. The van der Waals surface area contributed by atoms with E-state index in [0.717, 1.165) is 40.7 Å². The van der Waals surface area contributed by atoms with Crippen LogP contribution in [-0.4, -0.2) is 49.7 Å². The molecule has 0 bridgehead atoms. The van der Waals surface area contributed by atoms with Gasteiger partial charge in [-0.15, -0.1) is 0 Å². The molecule has 3 aromatic rings. The van der Waals surface area contributed by atoms with Gasteiger partial charge >= 0.3 is 0 Å². The third kappa shape index (κ3) is 4.05. The zero-order chi connectivity index (χ0) is 23.4. The Labute approximate surface area is 202 Å². The summed E-state index contributed by atoms with van der Waals surface area (Å²) in [5.41, 5.74) is 3.88. The van der Waals surface area contributed by atoms with Gasteiger partial charge in [0.2, 0.25) is 5.95 Å². The van der Waals surface area contributed by atoms with Gasteiger partial charge in [0, 0.05) is 23.0 Å². The summed E-state index contributed by atoms with van der Waals surface area (Å²) >= 11 is 6.66. The minimum atomic E-state index is -2.55. The highest BCUT2D eigenvalue weighted by atomic mass is 35.5. The molecule has 1 N–H and O–H groups in total. The van der Waals surface area contributed by atoms with Crippen molar-refractivity contribution in [2.45, 2.75) is 75.8 Å². The molecule has 0 radical (unpaired) electrons. The number of halogens is 3. The highest BCUT2D eigenvalue weighted by Crippen LogP contribution is 2.42. The van der Waals surface area contributed by atoms with Crippen molar-refractivity contribution in [1.82, 2.24) is 24.6 Å². The summed E-state index contributed by atoms with van der Waals surface area (Å²) in [5, 5.41) is 9.39. The number of nitrogens with zero attached hydrogens (tertiary/aromatic N) is 5. The van der Waals surface area contributed by atoms with Crippen molar-refractivity contribution in [3.05, 3.63) is 40.8 Å². The molecule has 1 aliphatic heterocycles. The number of rotatable bonds is 5. The highest BCUT2D eigenvalue weighted by Gasteiger charge is 2.47. The van der Waals surface area contributed by atoms with Crippen molar-refractivity contribution < 1.29 is 8.78 Å². The van der Waals surface area contributed by atoms with E-state index >= 15 is 0 Å². The molecule has 0 amide bonds. The Hall–Kier alpha value is -2.32. The number of benzene rings is 1. The van der Waals surface area contributed by atoms with E-state index in [2.05, 4.69) is 33.1 Å². The number of likely N-dealkylation sites (tertiary alicyclic amines) is 1. The van der Waals surface area contributed by atoms with Crippen LogP contribution in [0.1, 0.15) is 68.2 Å². The lowest BCUT2D eigenvalue weighted by Gasteiger charge is -2.38. The van der Waals surface area contributed by atoms with Crippen molar-refractivity contribution in [2.75, 3.05) is 18.4 Å². The SMILES string of the molecule is Cc1c(Nc2ncc3cc(Cl)c(C4CCN(C5CCCC5(F)F)CC4)cc3n2)cnn1C1CC1. The standard InChI is InChI=1S/C25H29ClF2N6/c1-15-22(14-30-34(15)18-4-5-18)32-24-29-13-17-11-20(26)19(12-21(17)31-24)16-6-9-33(10-7-16)23-3-2-8-25(23,27)28/h11-14,16,18,23H,2-10H2,1H3,(H,29,31,32). The second-order valence-corrected chi connectivity index (χ2v) is 10.5. The summed E-state index contributed by atoms with van der Waals surface area (Å²) in [6.45, 7) is 3.42. The normalized spacial score (nSPS) is 23.6. The number of nitrogens with one attached hydrogen (secondary N) is 1. The fourth-order valence-corrected chi connectivity index (χ4v) is 6.00. The number of aromatic nitrogens is 4. The van der Waals surface area contributed by atoms with Crippen LogP contribution in [0.2, 0.25) is 5.02 Å². The van der Waals surface area contributed by atoms with Gasteiger partial charge in [0.1, 0.15) is 0 Å². The molecule has 2 aliphatic carbocycles. The van der Waals surface area contributed by atoms with Crippen molar-refractivity contribution in [3.63, 3.8) is 0 Å². The fourth-order valence-electron chi connectivity index (χ4n) is 5.67. The van der Waals surface area contributed by atoms with Gasteiger partial charge in [-0.3, -0.25) is 9.58 Å². The first-order valence-corrected chi connectivity index (χ1v) is 12.7. The summed E-state index contributed by atoms with van der Waals surface area (Å²) in [7, 11) is 0. The Morgan fingerprint density at radius 2 is 1.88 bits per heavy atom. The van der Waals surface area contributed by atoms with Crippen LogP contribution in [0.4, 0.5) is 20.4 Å². The van der Waals surface area contributed by atoms with E-state index in [0.29, 0.717) is 42.9 Å². The lowest BCUT2D eigenvalue weighted by molar-refractivity contribution is -0.0669. The highest BCUT2D eigenvalue weighted by molar-refractivity contribution is 6.32.